The standard InChI is InChI=1S/C8H19NOS/c1-3-8(4-2)7-11(10)6-5-9/h8H,3-7,9H2,1-2H3. The molecule has 3 heteroatoms. The molecule has 0 bridgehead atoms. The van der Waals surface area contributed by atoms with Gasteiger partial charge in [-0.3, -0.25) is 4.21 Å². The highest BCUT2D eigenvalue weighted by Crippen LogP contribution is 2.08. The first-order valence-corrected chi connectivity index (χ1v) is 5.78. The van der Waals surface area contributed by atoms with Gasteiger partial charge in [-0.25, -0.2) is 0 Å². The maximum absolute atomic E-state index is 11.2. The van der Waals surface area contributed by atoms with E-state index in [-0.39, 0.29) is 0 Å². The van der Waals surface area contributed by atoms with Gasteiger partial charge in [0, 0.05) is 28.9 Å². The third-order valence-corrected chi connectivity index (χ3v) is 3.46. The first-order chi connectivity index (χ1) is 5.24. The average Bonchev–Trinajstić information content (AvgIpc) is 2.01. The molecule has 0 saturated heterocycles. The maximum Gasteiger partial charge on any atom is 0.0357 e. The Kier molecular flexibility index (Phi) is 6.87. The van der Waals surface area contributed by atoms with Crippen molar-refractivity contribution in [2.75, 3.05) is 18.1 Å². The SMILES string of the molecule is CCC(CC)CS(=O)CCN. The topological polar surface area (TPSA) is 43.1 Å². The largest absolute Gasteiger partial charge is 0.330 e. The first-order valence-electron chi connectivity index (χ1n) is 4.29. The van der Waals surface area contributed by atoms with Crippen molar-refractivity contribution >= 4 is 10.8 Å². The van der Waals surface area contributed by atoms with E-state index >= 15 is 0 Å². The molecular formula is C8H19NOS. The van der Waals surface area contributed by atoms with Gasteiger partial charge in [0.05, 0.1) is 0 Å². The zero-order valence-corrected chi connectivity index (χ0v) is 8.32. The molecule has 0 aromatic heterocycles. The van der Waals surface area contributed by atoms with Crippen LogP contribution in [0.15, 0.2) is 0 Å². The maximum atomic E-state index is 11.2. The molecule has 0 aliphatic heterocycles. The molecule has 2 N–H and O–H groups in total. The van der Waals surface area contributed by atoms with E-state index in [4.69, 9.17) is 5.73 Å². The van der Waals surface area contributed by atoms with Gasteiger partial charge >= 0.3 is 0 Å². The normalized spacial score (nSPS) is 13.8. The molecule has 2 nitrogen and oxygen atoms in total. The Balaban J connectivity index is 3.54. The molecule has 0 rings (SSSR count). The third kappa shape index (κ3) is 5.39. The molecule has 0 aliphatic carbocycles. The van der Waals surface area contributed by atoms with Gasteiger partial charge in [-0.2, -0.15) is 0 Å². The Hall–Kier alpha value is 0.110. The summed E-state index contributed by atoms with van der Waals surface area (Å²) >= 11 is 0. The molecule has 0 aliphatic rings. The van der Waals surface area contributed by atoms with Crippen LogP contribution >= 0.6 is 0 Å². The van der Waals surface area contributed by atoms with Crippen LogP contribution < -0.4 is 5.73 Å². The van der Waals surface area contributed by atoms with Crippen LogP contribution in [0.2, 0.25) is 0 Å². The second-order valence-corrected chi connectivity index (χ2v) is 4.40. The highest BCUT2D eigenvalue weighted by Gasteiger charge is 2.07. The van der Waals surface area contributed by atoms with Gasteiger partial charge in [-0.05, 0) is 5.92 Å². The highest BCUT2D eigenvalue weighted by atomic mass is 32.2. The Morgan fingerprint density at radius 3 is 2.27 bits per heavy atom. The van der Waals surface area contributed by atoms with E-state index in [0.717, 1.165) is 18.6 Å². The van der Waals surface area contributed by atoms with Gasteiger partial charge in [-0.15, -0.1) is 0 Å². The Morgan fingerprint density at radius 2 is 1.91 bits per heavy atom. The fourth-order valence-electron chi connectivity index (χ4n) is 1.00. The number of rotatable bonds is 6. The molecule has 0 saturated carbocycles. The summed E-state index contributed by atoms with van der Waals surface area (Å²) in [5, 5.41) is 0. The molecule has 0 radical (unpaired) electrons. The molecule has 68 valence electrons. The minimum absolute atomic E-state index is 0.548. The van der Waals surface area contributed by atoms with E-state index in [0.29, 0.717) is 18.2 Å². The molecule has 0 aromatic rings. The number of nitrogens with two attached hydrogens (primary N) is 1. The lowest BCUT2D eigenvalue weighted by atomic mass is 10.1. The third-order valence-electron chi connectivity index (χ3n) is 1.92. The summed E-state index contributed by atoms with van der Waals surface area (Å²) < 4.78 is 11.2. The van der Waals surface area contributed by atoms with E-state index in [1.54, 1.807) is 0 Å². The lowest BCUT2D eigenvalue weighted by molar-refractivity contribution is 0.544. The quantitative estimate of drug-likeness (QED) is 0.661. The van der Waals surface area contributed by atoms with E-state index in [9.17, 15) is 4.21 Å². The summed E-state index contributed by atoms with van der Waals surface area (Å²) in [4.78, 5) is 0. The molecular weight excluding hydrogens is 158 g/mol. The summed E-state index contributed by atoms with van der Waals surface area (Å²) in [5.74, 6) is 2.13. The highest BCUT2D eigenvalue weighted by molar-refractivity contribution is 7.85. The summed E-state index contributed by atoms with van der Waals surface area (Å²) in [6.45, 7) is 4.84. The van der Waals surface area contributed by atoms with Gasteiger partial charge in [0.25, 0.3) is 0 Å². The molecule has 1 atom stereocenters. The molecule has 1 unspecified atom stereocenters. The first kappa shape index (κ1) is 11.1. The smallest absolute Gasteiger partial charge is 0.0357 e. The molecule has 0 heterocycles. The van der Waals surface area contributed by atoms with Crippen LogP contribution in [0.3, 0.4) is 0 Å². The van der Waals surface area contributed by atoms with E-state index in [2.05, 4.69) is 13.8 Å². The van der Waals surface area contributed by atoms with E-state index in [1.807, 2.05) is 0 Å². The van der Waals surface area contributed by atoms with Crippen molar-refractivity contribution < 1.29 is 4.21 Å². The lowest BCUT2D eigenvalue weighted by Gasteiger charge is -2.10. The van der Waals surface area contributed by atoms with Gasteiger partial charge in [0.15, 0.2) is 0 Å². The minimum Gasteiger partial charge on any atom is -0.330 e. The Morgan fingerprint density at radius 1 is 1.36 bits per heavy atom. The van der Waals surface area contributed by atoms with Crippen LogP contribution in [-0.4, -0.2) is 22.3 Å². The van der Waals surface area contributed by atoms with Gasteiger partial charge in [0.2, 0.25) is 0 Å². The van der Waals surface area contributed by atoms with Crippen molar-refractivity contribution in [2.24, 2.45) is 11.7 Å². The van der Waals surface area contributed by atoms with Crippen LogP contribution in [-0.2, 0) is 10.8 Å². The van der Waals surface area contributed by atoms with Crippen molar-refractivity contribution in [3.05, 3.63) is 0 Å². The number of hydrogen-bond donors (Lipinski definition) is 1. The van der Waals surface area contributed by atoms with E-state index < -0.39 is 10.8 Å². The predicted octanol–water partition coefficient (Wildman–Crippen LogP) is 1.13. The Labute approximate surface area is 72.0 Å². The van der Waals surface area contributed by atoms with Crippen molar-refractivity contribution in [1.82, 2.24) is 0 Å². The minimum atomic E-state index is -0.675. The lowest BCUT2D eigenvalue weighted by Crippen LogP contribution is -2.17. The van der Waals surface area contributed by atoms with Crippen LogP contribution in [0.25, 0.3) is 0 Å². The second kappa shape index (κ2) is 6.80. The van der Waals surface area contributed by atoms with Gasteiger partial charge in [0.1, 0.15) is 0 Å². The average molecular weight is 177 g/mol. The molecule has 0 amide bonds. The zero-order chi connectivity index (χ0) is 8.69. The fraction of sp³-hybridized carbons (Fsp3) is 1.00. The van der Waals surface area contributed by atoms with E-state index in [1.165, 1.54) is 0 Å². The molecule has 0 aromatic carbocycles. The summed E-state index contributed by atoms with van der Waals surface area (Å²) in [6.07, 6.45) is 2.26. The van der Waals surface area contributed by atoms with Crippen molar-refractivity contribution in [1.29, 1.82) is 0 Å². The van der Waals surface area contributed by atoms with Crippen molar-refractivity contribution in [3.8, 4) is 0 Å². The Bertz CT molecular complexity index is 113. The summed E-state index contributed by atoms with van der Waals surface area (Å²) in [6, 6.07) is 0. The van der Waals surface area contributed by atoms with Crippen LogP contribution in [0.1, 0.15) is 26.7 Å². The van der Waals surface area contributed by atoms with Crippen LogP contribution in [0.5, 0.6) is 0 Å². The second-order valence-electron chi connectivity index (χ2n) is 2.78. The number of hydrogen-bond acceptors (Lipinski definition) is 2. The van der Waals surface area contributed by atoms with Gasteiger partial charge in [-0.1, -0.05) is 26.7 Å². The van der Waals surface area contributed by atoms with Gasteiger partial charge < -0.3 is 5.73 Å². The molecule has 11 heavy (non-hydrogen) atoms. The molecule has 0 spiro atoms. The molecule has 0 fully saturated rings. The fourth-order valence-corrected chi connectivity index (χ4v) is 2.43. The van der Waals surface area contributed by atoms with Crippen LogP contribution in [0, 0.1) is 5.92 Å². The monoisotopic (exact) mass is 177 g/mol. The van der Waals surface area contributed by atoms with Crippen molar-refractivity contribution in [3.63, 3.8) is 0 Å². The van der Waals surface area contributed by atoms with Crippen molar-refractivity contribution in [2.45, 2.75) is 26.7 Å². The van der Waals surface area contributed by atoms with Crippen LogP contribution in [0.4, 0.5) is 0 Å². The summed E-state index contributed by atoms with van der Waals surface area (Å²) in [5.41, 5.74) is 5.30. The zero-order valence-electron chi connectivity index (χ0n) is 7.51. The predicted molar refractivity (Wildman–Crippen MR) is 51.0 cm³/mol. The summed E-state index contributed by atoms with van der Waals surface area (Å²) in [7, 11) is -0.675.